The van der Waals surface area contributed by atoms with E-state index in [9.17, 15) is 9.59 Å². The van der Waals surface area contributed by atoms with Crippen molar-refractivity contribution in [2.75, 3.05) is 13.2 Å². The van der Waals surface area contributed by atoms with Gasteiger partial charge in [-0.1, -0.05) is 38.1 Å². The molecule has 0 aliphatic carbocycles. The predicted molar refractivity (Wildman–Crippen MR) is 76.5 cm³/mol. The third kappa shape index (κ3) is 2.42. The Labute approximate surface area is 119 Å². The van der Waals surface area contributed by atoms with E-state index in [1.54, 1.807) is 6.92 Å². The first-order valence-electron chi connectivity index (χ1n) is 7.04. The molecular weight excluding hydrogens is 254 g/mol. The Balaban J connectivity index is 2.53. The number of hydrogen-bond acceptors (Lipinski definition) is 3. The number of esters is 1. The molecule has 20 heavy (non-hydrogen) atoms. The molecule has 2 rings (SSSR count). The molecule has 0 bridgehead atoms. The summed E-state index contributed by atoms with van der Waals surface area (Å²) in [6, 6.07) is 7.82. The Morgan fingerprint density at radius 3 is 2.65 bits per heavy atom. The van der Waals surface area contributed by atoms with Crippen LogP contribution in [-0.2, 0) is 19.7 Å². The topological polar surface area (TPSA) is 55.4 Å². The van der Waals surface area contributed by atoms with Crippen molar-refractivity contribution >= 4 is 11.9 Å². The molecule has 4 heteroatoms. The zero-order valence-electron chi connectivity index (χ0n) is 12.2. The van der Waals surface area contributed by atoms with E-state index in [2.05, 4.69) is 19.2 Å². The molecule has 0 radical (unpaired) electrons. The number of carbonyl (C=O) groups excluding carboxylic acids is 2. The Kier molecular flexibility index (Phi) is 4.12. The highest BCUT2D eigenvalue weighted by Crippen LogP contribution is 2.37. The summed E-state index contributed by atoms with van der Waals surface area (Å²) in [5.74, 6) is -0.128. The zero-order chi connectivity index (χ0) is 14.8. The SMILES string of the molecule is CCOC(=O)C1(c2ccccc2C(C)C)CNC(=O)C1. The summed E-state index contributed by atoms with van der Waals surface area (Å²) < 4.78 is 5.24. The molecule has 1 saturated heterocycles. The first-order chi connectivity index (χ1) is 9.51. The third-order valence-corrected chi connectivity index (χ3v) is 3.81. The van der Waals surface area contributed by atoms with Crippen molar-refractivity contribution in [2.45, 2.75) is 38.5 Å². The average molecular weight is 275 g/mol. The number of amides is 1. The van der Waals surface area contributed by atoms with Gasteiger partial charge < -0.3 is 10.1 Å². The highest BCUT2D eigenvalue weighted by atomic mass is 16.5. The van der Waals surface area contributed by atoms with Crippen LogP contribution in [0.5, 0.6) is 0 Å². The molecule has 1 aromatic carbocycles. The Morgan fingerprint density at radius 2 is 2.10 bits per heavy atom. The Morgan fingerprint density at radius 1 is 1.40 bits per heavy atom. The maximum absolute atomic E-state index is 12.5. The number of nitrogens with one attached hydrogen (secondary N) is 1. The third-order valence-electron chi connectivity index (χ3n) is 3.81. The fourth-order valence-electron chi connectivity index (χ4n) is 2.80. The van der Waals surface area contributed by atoms with Crippen molar-refractivity contribution in [1.29, 1.82) is 0 Å². The van der Waals surface area contributed by atoms with Gasteiger partial charge in [0.25, 0.3) is 0 Å². The smallest absolute Gasteiger partial charge is 0.318 e. The van der Waals surface area contributed by atoms with Crippen LogP contribution in [0.2, 0.25) is 0 Å². The summed E-state index contributed by atoms with van der Waals surface area (Å²) >= 11 is 0. The van der Waals surface area contributed by atoms with Gasteiger partial charge in [0.1, 0.15) is 5.41 Å². The molecule has 0 aromatic heterocycles. The van der Waals surface area contributed by atoms with Gasteiger partial charge in [0.05, 0.1) is 6.61 Å². The number of rotatable bonds is 4. The minimum atomic E-state index is -0.881. The summed E-state index contributed by atoms with van der Waals surface area (Å²) in [7, 11) is 0. The molecule has 1 aliphatic heterocycles. The van der Waals surface area contributed by atoms with E-state index in [1.165, 1.54) is 0 Å². The van der Waals surface area contributed by atoms with E-state index in [-0.39, 0.29) is 24.2 Å². The predicted octanol–water partition coefficient (Wildman–Crippen LogP) is 2.13. The van der Waals surface area contributed by atoms with Gasteiger partial charge in [0.15, 0.2) is 0 Å². The van der Waals surface area contributed by atoms with Gasteiger partial charge in [-0.05, 0) is 24.0 Å². The van der Waals surface area contributed by atoms with Gasteiger partial charge in [-0.15, -0.1) is 0 Å². The van der Waals surface area contributed by atoms with Crippen molar-refractivity contribution in [1.82, 2.24) is 5.32 Å². The van der Waals surface area contributed by atoms with Crippen LogP contribution in [0.15, 0.2) is 24.3 Å². The maximum atomic E-state index is 12.5. The second kappa shape index (κ2) is 5.65. The summed E-state index contributed by atoms with van der Waals surface area (Å²) in [5, 5.41) is 2.77. The summed E-state index contributed by atoms with van der Waals surface area (Å²) in [6.07, 6.45) is 0.162. The minimum absolute atomic E-state index is 0.100. The van der Waals surface area contributed by atoms with Crippen LogP contribution < -0.4 is 5.32 Å². The molecular formula is C16H21NO3. The lowest BCUT2D eigenvalue weighted by molar-refractivity contribution is -0.150. The van der Waals surface area contributed by atoms with Crippen molar-refractivity contribution < 1.29 is 14.3 Å². The van der Waals surface area contributed by atoms with E-state index < -0.39 is 5.41 Å². The molecule has 1 amide bonds. The lowest BCUT2D eigenvalue weighted by Crippen LogP contribution is -2.40. The van der Waals surface area contributed by atoms with E-state index >= 15 is 0 Å². The van der Waals surface area contributed by atoms with Crippen LogP contribution in [0.3, 0.4) is 0 Å². The lowest BCUT2D eigenvalue weighted by atomic mass is 9.75. The molecule has 1 fully saturated rings. The normalized spacial score (nSPS) is 21.9. The largest absolute Gasteiger partial charge is 0.465 e. The first-order valence-corrected chi connectivity index (χ1v) is 7.04. The standard InChI is InChI=1S/C16H21NO3/c1-4-20-15(19)16(9-14(18)17-10-16)13-8-6-5-7-12(13)11(2)3/h5-8,11H,4,9-10H2,1-3H3,(H,17,18). The van der Waals surface area contributed by atoms with Crippen LogP contribution in [-0.4, -0.2) is 25.0 Å². The zero-order valence-corrected chi connectivity index (χ0v) is 12.2. The van der Waals surface area contributed by atoms with Crippen LogP contribution in [0.1, 0.15) is 44.2 Å². The van der Waals surface area contributed by atoms with E-state index in [1.807, 2.05) is 24.3 Å². The van der Waals surface area contributed by atoms with Crippen LogP contribution >= 0.6 is 0 Å². The average Bonchev–Trinajstić information content (AvgIpc) is 2.82. The van der Waals surface area contributed by atoms with Crippen LogP contribution in [0.25, 0.3) is 0 Å². The molecule has 0 spiro atoms. The summed E-state index contributed by atoms with van der Waals surface area (Å²) in [4.78, 5) is 24.2. The fraction of sp³-hybridized carbons (Fsp3) is 0.500. The van der Waals surface area contributed by atoms with Crippen molar-refractivity contribution in [2.24, 2.45) is 0 Å². The van der Waals surface area contributed by atoms with E-state index in [4.69, 9.17) is 4.74 Å². The van der Waals surface area contributed by atoms with E-state index in [0.29, 0.717) is 13.2 Å². The first kappa shape index (κ1) is 14.6. The number of hydrogen-bond donors (Lipinski definition) is 1. The molecule has 4 nitrogen and oxygen atoms in total. The van der Waals surface area contributed by atoms with Crippen LogP contribution in [0, 0.1) is 0 Å². The summed E-state index contributed by atoms with van der Waals surface area (Å²) in [6.45, 7) is 6.58. The molecule has 108 valence electrons. The van der Waals surface area contributed by atoms with Crippen molar-refractivity contribution in [3.05, 3.63) is 35.4 Å². The van der Waals surface area contributed by atoms with Crippen LogP contribution in [0.4, 0.5) is 0 Å². The molecule has 1 aliphatic rings. The van der Waals surface area contributed by atoms with Crippen molar-refractivity contribution in [3.63, 3.8) is 0 Å². The second-order valence-corrected chi connectivity index (χ2v) is 5.50. The maximum Gasteiger partial charge on any atom is 0.318 e. The Hall–Kier alpha value is -1.84. The van der Waals surface area contributed by atoms with Crippen molar-refractivity contribution in [3.8, 4) is 0 Å². The molecule has 0 saturated carbocycles. The summed E-state index contributed by atoms with van der Waals surface area (Å²) in [5.41, 5.74) is 1.12. The molecule has 1 N–H and O–H groups in total. The fourth-order valence-corrected chi connectivity index (χ4v) is 2.80. The molecule has 1 atom stereocenters. The molecule has 1 aromatic rings. The van der Waals surface area contributed by atoms with Gasteiger partial charge in [0, 0.05) is 13.0 Å². The second-order valence-electron chi connectivity index (χ2n) is 5.50. The number of ether oxygens (including phenoxy) is 1. The van der Waals surface area contributed by atoms with Gasteiger partial charge in [0.2, 0.25) is 5.91 Å². The Bertz CT molecular complexity index is 524. The molecule has 1 unspecified atom stereocenters. The highest BCUT2D eigenvalue weighted by Gasteiger charge is 2.49. The quantitative estimate of drug-likeness (QED) is 0.856. The van der Waals surface area contributed by atoms with Gasteiger partial charge >= 0.3 is 5.97 Å². The molecule has 1 heterocycles. The highest BCUT2D eigenvalue weighted by molar-refractivity contribution is 5.94. The lowest BCUT2D eigenvalue weighted by Gasteiger charge is -2.28. The number of benzene rings is 1. The van der Waals surface area contributed by atoms with E-state index in [0.717, 1.165) is 11.1 Å². The minimum Gasteiger partial charge on any atom is -0.465 e. The monoisotopic (exact) mass is 275 g/mol. The van der Waals surface area contributed by atoms with Gasteiger partial charge in [-0.3, -0.25) is 9.59 Å². The van der Waals surface area contributed by atoms with Gasteiger partial charge in [-0.25, -0.2) is 0 Å². The van der Waals surface area contributed by atoms with Gasteiger partial charge in [-0.2, -0.15) is 0 Å². The number of carbonyl (C=O) groups is 2.